The first-order chi connectivity index (χ1) is 11.8. The van der Waals surface area contributed by atoms with Crippen LogP contribution in [0.2, 0.25) is 0 Å². The number of methoxy groups -OCH3 is 2. The first-order valence-electron chi connectivity index (χ1n) is 7.55. The summed E-state index contributed by atoms with van der Waals surface area (Å²) in [5.41, 5.74) is 0.0728. The van der Waals surface area contributed by atoms with E-state index >= 15 is 0 Å². The highest BCUT2D eigenvalue weighted by Gasteiger charge is 2.28. The molecule has 0 radical (unpaired) electrons. The zero-order valence-corrected chi connectivity index (χ0v) is 14.8. The molecular weight excluding hydrogens is 352 g/mol. The van der Waals surface area contributed by atoms with Gasteiger partial charge < -0.3 is 19.9 Å². The molecule has 0 unspecified atom stereocenters. The average molecular weight is 372 g/mol. The number of hydrogen-bond donors (Lipinski definition) is 2. The lowest BCUT2D eigenvalue weighted by Gasteiger charge is -2.16. The fourth-order valence-corrected chi connectivity index (χ4v) is 4.09. The molecule has 10 heteroatoms. The minimum absolute atomic E-state index is 0.0536. The Labute approximate surface area is 145 Å². The van der Waals surface area contributed by atoms with Crippen LogP contribution in [0.1, 0.15) is 23.2 Å². The zero-order chi connectivity index (χ0) is 18.6. The third-order valence-electron chi connectivity index (χ3n) is 3.79. The quantitative estimate of drug-likeness (QED) is 0.725. The van der Waals surface area contributed by atoms with Gasteiger partial charge in [-0.05, 0) is 18.6 Å². The molecule has 1 aliphatic rings. The van der Waals surface area contributed by atoms with Crippen molar-refractivity contribution in [3.63, 3.8) is 0 Å². The molecule has 2 rings (SSSR count). The number of carbonyl (C=O) groups excluding carboxylic acids is 1. The maximum absolute atomic E-state index is 12.2. The number of anilines is 1. The van der Waals surface area contributed by atoms with E-state index in [1.54, 1.807) is 0 Å². The van der Waals surface area contributed by atoms with Gasteiger partial charge in [0.15, 0.2) is 11.5 Å². The number of rotatable bonds is 7. The molecule has 1 aromatic carbocycles. The van der Waals surface area contributed by atoms with Crippen LogP contribution < -0.4 is 14.8 Å². The monoisotopic (exact) mass is 372 g/mol. The summed E-state index contributed by atoms with van der Waals surface area (Å²) in [5, 5.41) is 11.7. The highest BCUT2D eigenvalue weighted by atomic mass is 32.2. The molecule has 1 aromatic rings. The molecule has 0 saturated carbocycles. The van der Waals surface area contributed by atoms with E-state index in [-0.39, 0.29) is 41.5 Å². The number of nitrogens with one attached hydrogen (secondary N) is 1. The number of aromatic carboxylic acids is 1. The maximum Gasteiger partial charge on any atom is 0.335 e. The van der Waals surface area contributed by atoms with Gasteiger partial charge in [0.1, 0.15) is 0 Å². The molecule has 2 N–H and O–H groups in total. The topological polar surface area (TPSA) is 122 Å². The van der Waals surface area contributed by atoms with Crippen molar-refractivity contribution in [1.29, 1.82) is 0 Å². The SMILES string of the molecule is COc1cc(C(=O)O)cc(NC(=O)CCN2CCCS2(=O)=O)c1OC. The summed E-state index contributed by atoms with van der Waals surface area (Å²) in [5.74, 6) is -1.18. The fourth-order valence-electron chi connectivity index (χ4n) is 2.56. The van der Waals surface area contributed by atoms with E-state index in [1.807, 2.05) is 0 Å². The highest BCUT2D eigenvalue weighted by Crippen LogP contribution is 2.36. The number of nitrogens with zero attached hydrogens (tertiary/aromatic N) is 1. The molecule has 0 bridgehead atoms. The second kappa shape index (κ2) is 7.70. The van der Waals surface area contributed by atoms with Crippen molar-refractivity contribution in [2.75, 3.05) is 38.4 Å². The third kappa shape index (κ3) is 4.40. The van der Waals surface area contributed by atoms with Crippen LogP contribution in [0, 0.1) is 0 Å². The smallest absolute Gasteiger partial charge is 0.335 e. The number of benzene rings is 1. The number of carbonyl (C=O) groups is 2. The molecule has 0 aliphatic carbocycles. The lowest BCUT2D eigenvalue weighted by Crippen LogP contribution is -2.29. The minimum Gasteiger partial charge on any atom is -0.493 e. The van der Waals surface area contributed by atoms with Crippen LogP contribution in [-0.2, 0) is 14.8 Å². The van der Waals surface area contributed by atoms with E-state index in [2.05, 4.69) is 5.32 Å². The van der Waals surface area contributed by atoms with Gasteiger partial charge in [0, 0.05) is 19.5 Å². The molecule has 25 heavy (non-hydrogen) atoms. The second-order valence-corrected chi connectivity index (χ2v) is 7.52. The van der Waals surface area contributed by atoms with Crippen LogP contribution in [0.5, 0.6) is 11.5 Å². The summed E-state index contributed by atoms with van der Waals surface area (Å²) in [4.78, 5) is 23.3. The molecular formula is C15H20N2O7S. The predicted octanol–water partition coefficient (Wildman–Crippen LogP) is 0.766. The van der Waals surface area contributed by atoms with E-state index in [9.17, 15) is 18.0 Å². The molecule has 9 nitrogen and oxygen atoms in total. The Balaban J connectivity index is 2.13. The van der Waals surface area contributed by atoms with E-state index in [1.165, 1.54) is 30.7 Å². The van der Waals surface area contributed by atoms with Gasteiger partial charge in [-0.1, -0.05) is 0 Å². The summed E-state index contributed by atoms with van der Waals surface area (Å²) in [7, 11) is -0.546. The Hall–Kier alpha value is -2.33. The van der Waals surface area contributed by atoms with Crippen molar-refractivity contribution >= 4 is 27.6 Å². The van der Waals surface area contributed by atoms with Gasteiger partial charge in [0.25, 0.3) is 0 Å². The molecule has 0 aromatic heterocycles. The Morgan fingerprint density at radius 1 is 1.28 bits per heavy atom. The minimum atomic E-state index is -3.27. The highest BCUT2D eigenvalue weighted by molar-refractivity contribution is 7.89. The molecule has 1 aliphatic heterocycles. The van der Waals surface area contributed by atoms with Crippen molar-refractivity contribution in [1.82, 2.24) is 4.31 Å². The van der Waals surface area contributed by atoms with Crippen LogP contribution in [0.25, 0.3) is 0 Å². The second-order valence-electron chi connectivity index (χ2n) is 5.43. The van der Waals surface area contributed by atoms with Gasteiger partial charge in [-0.25, -0.2) is 17.5 Å². The van der Waals surface area contributed by atoms with Crippen LogP contribution in [-0.4, -0.2) is 62.8 Å². The summed E-state index contributed by atoms with van der Waals surface area (Å²) in [6.07, 6.45) is 0.498. The van der Waals surface area contributed by atoms with Gasteiger partial charge in [-0.2, -0.15) is 0 Å². The number of sulfonamides is 1. The van der Waals surface area contributed by atoms with Crippen LogP contribution >= 0.6 is 0 Å². The summed E-state index contributed by atoms with van der Waals surface area (Å²) in [6, 6.07) is 2.54. The number of hydrogen-bond acceptors (Lipinski definition) is 6. The van der Waals surface area contributed by atoms with Gasteiger partial charge >= 0.3 is 5.97 Å². The summed E-state index contributed by atoms with van der Waals surface area (Å²) < 4.78 is 35.0. The first kappa shape index (κ1) is 19.0. The Morgan fingerprint density at radius 2 is 2.00 bits per heavy atom. The average Bonchev–Trinajstić information content (AvgIpc) is 2.90. The predicted molar refractivity (Wildman–Crippen MR) is 89.7 cm³/mol. The molecule has 1 heterocycles. The van der Waals surface area contributed by atoms with Gasteiger partial charge in [-0.15, -0.1) is 0 Å². The lowest BCUT2D eigenvalue weighted by molar-refractivity contribution is -0.116. The van der Waals surface area contributed by atoms with Crippen molar-refractivity contribution in [2.45, 2.75) is 12.8 Å². The van der Waals surface area contributed by atoms with E-state index < -0.39 is 21.9 Å². The number of carboxylic acid groups (broad SMARTS) is 1. The molecule has 0 spiro atoms. The van der Waals surface area contributed by atoms with E-state index in [0.29, 0.717) is 13.0 Å². The molecule has 138 valence electrons. The van der Waals surface area contributed by atoms with Crippen molar-refractivity contribution in [3.8, 4) is 11.5 Å². The largest absolute Gasteiger partial charge is 0.493 e. The maximum atomic E-state index is 12.2. The van der Waals surface area contributed by atoms with Crippen LogP contribution in [0.3, 0.4) is 0 Å². The number of amides is 1. The molecule has 1 saturated heterocycles. The van der Waals surface area contributed by atoms with Crippen LogP contribution in [0.4, 0.5) is 5.69 Å². The Bertz CT molecular complexity index is 776. The molecule has 1 amide bonds. The third-order valence-corrected chi connectivity index (χ3v) is 5.75. The normalized spacial score (nSPS) is 16.4. The van der Waals surface area contributed by atoms with Crippen molar-refractivity contribution in [3.05, 3.63) is 17.7 Å². The van der Waals surface area contributed by atoms with E-state index in [0.717, 1.165) is 0 Å². The lowest BCUT2D eigenvalue weighted by atomic mass is 10.1. The van der Waals surface area contributed by atoms with Crippen LogP contribution in [0.15, 0.2) is 12.1 Å². The Kier molecular flexibility index (Phi) is 5.85. The van der Waals surface area contributed by atoms with Crippen molar-refractivity contribution in [2.24, 2.45) is 0 Å². The fraction of sp³-hybridized carbons (Fsp3) is 0.467. The summed E-state index contributed by atoms with van der Waals surface area (Å²) >= 11 is 0. The Morgan fingerprint density at radius 3 is 2.52 bits per heavy atom. The zero-order valence-electron chi connectivity index (χ0n) is 13.9. The van der Waals surface area contributed by atoms with Gasteiger partial charge in [-0.3, -0.25) is 4.79 Å². The first-order valence-corrected chi connectivity index (χ1v) is 9.16. The van der Waals surface area contributed by atoms with E-state index in [4.69, 9.17) is 14.6 Å². The molecule has 0 atom stereocenters. The summed E-state index contributed by atoms with van der Waals surface area (Å²) in [6.45, 7) is 0.480. The standard InChI is InChI=1S/C15H20N2O7S/c1-23-12-9-10(15(19)20)8-11(14(12)24-2)16-13(18)4-6-17-5-3-7-25(17,21)22/h8-9H,3-7H2,1-2H3,(H,16,18)(H,19,20). The molecule has 1 fully saturated rings. The number of carboxylic acids is 1. The number of ether oxygens (including phenoxy) is 2. The van der Waals surface area contributed by atoms with Gasteiger partial charge in [0.05, 0.1) is 31.2 Å². The van der Waals surface area contributed by atoms with Gasteiger partial charge in [0.2, 0.25) is 15.9 Å². The van der Waals surface area contributed by atoms with Crippen molar-refractivity contribution < 1.29 is 32.6 Å².